The zero-order valence-electron chi connectivity index (χ0n) is 16.3. The Kier molecular flexibility index (Phi) is 4.84. The van der Waals surface area contributed by atoms with Gasteiger partial charge in [0.2, 0.25) is 5.41 Å². The van der Waals surface area contributed by atoms with Crippen molar-refractivity contribution in [2.24, 2.45) is 0 Å². The third kappa shape index (κ3) is 2.79. The molecule has 0 unspecified atom stereocenters. The highest BCUT2D eigenvalue weighted by molar-refractivity contribution is 6.15. The van der Waals surface area contributed by atoms with Gasteiger partial charge >= 0.3 is 11.9 Å². The molecule has 0 aliphatic rings. The number of rotatable bonds is 6. The predicted molar refractivity (Wildman–Crippen MR) is 111 cm³/mol. The average Bonchev–Trinajstić information content (AvgIpc) is 3.35. The zero-order chi connectivity index (χ0) is 20.4. The maximum absolute atomic E-state index is 13.5. The van der Waals surface area contributed by atoms with Crippen LogP contribution in [0.2, 0.25) is 0 Å². The first-order valence-corrected chi connectivity index (χ1v) is 9.62. The van der Waals surface area contributed by atoms with E-state index in [1.54, 1.807) is 26.2 Å². The average molecular weight is 390 g/mol. The predicted octanol–water partition coefficient (Wildman–Crippen LogP) is 4.06. The van der Waals surface area contributed by atoms with E-state index in [1.165, 1.54) is 0 Å². The van der Waals surface area contributed by atoms with Crippen LogP contribution in [0, 0.1) is 0 Å². The van der Waals surface area contributed by atoms with E-state index in [0.29, 0.717) is 11.1 Å². The standard InChI is InChI=1S/C23H22N2O4/c1-3-28-21(26)23(22(27)29-4-2,17-13-24-19-11-7-5-9-15(17)19)18-14-25-20-12-8-6-10-16(18)20/h5-14,24-25H,3-4H2,1-2H3. The van der Waals surface area contributed by atoms with Crippen molar-refractivity contribution < 1.29 is 19.1 Å². The molecular weight excluding hydrogens is 368 g/mol. The summed E-state index contributed by atoms with van der Waals surface area (Å²) in [6.07, 6.45) is 3.39. The molecule has 148 valence electrons. The molecule has 2 heterocycles. The lowest BCUT2D eigenvalue weighted by atomic mass is 9.74. The highest BCUT2D eigenvalue weighted by atomic mass is 16.6. The molecule has 0 atom stereocenters. The second kappa shape index (κ2) is 7.47. The Morgan fingerprint density at radius 2 is 1.17 bits per heavy atom. The fourth-order valence-electron chi connectivity index (χ4n) is 3.91. The summed E-state index contributed by atoms with van der Waals surface area (Å²) in [5.41, 5.74) is 0.899. The summed E-state index contributed by atoms with van der Waals surface area (Å²) >= 11 is 0. The SMILES string of the molecule is CCOC(=O)C(C(=O)OCC)(c1c[nH]c2ccccc12)c1c[nH]c2ccccc12. The number of H-pyrrole nitrogens is 2. The Morgan fingerprint density at radius 3 is 1.59 bits per heavy atom. The molecule has 0 amide bonds. The summed E-state index contributed by atoms with van der Waals surface area (Å²) < 4.78 is 10.9. The largest absolute Gasteiger partial charge is 0.465 e. The van der Waals surface area contributed by atoms with Gasteiger partial charge in [0.15, 0.2) is 0 Å². The van der Waals surface area contributed by atoms with Gasteiger partial charge in [0.05, 0.1) is 13.2 Å². The van der Waals surface area contributed by atoms with Crippen LogP contribution in [0.25, 0.3) is 21.8 Å². The van der Waals surface area contributed by atoms with Gasteiger partial charge in [-0.3, -0.25) is 9.59 Å². The molecule has 29 heavy (non-hydrogen) atoms. The Bertz CT molecular complexity index is 1090. The van der Waals surface area contributed by atoms with Crippen molar-refractivity contribution in [1.29, 1.82) is 0 Å². The first-order valence-electron chi connectivity index (χ1n) is 9.62. The summed E-state index contributed by atoms with van der Waals surface area (Å²) in [7, 11) is 0. The maximum Gasteiger partial charge on any atom is 0.332 e. The molecule has 0 fully saturated rings. The van der Waals surface area contributed by atoms with Gasteiger partial charge in [0, 0.05) is 45.3 Å². The van der Waals surface area contributed by atoms with E-state index in [9.17, 15) is 9.59 Å². The molecule has 2 aromatic carbocycles. The van der Waals surface area contributed by atoms with E-state index in [-0.39, 0.29) is 13.2 Å². The van der Waals surface area contributed by atoms with Crippen molar-refractivity contribution in [3.8, 4) is 0 Å². The number of hydrogen-bond donors (Lipinski definition) is 2. The molecule has 0 aliphatic heterocycles. The topological polar surface area (TPSA) is 84.2 Å². The van der Waals surface area contributed by atoms with Gasteiger partial charge in [-0.1, -0.05) is 36.4 Å². The quantitative estimate of drug-likeness (QED) is 0.384. The fraction of sp³-hybridized carbons (Fsp3) is 0.217. The number of hydrogen-bond acceptors (Lipinski definition) is 4. The number of benzene rings is 2. The summed E-state index contributed by atoms with van der Waals surface area (Å²) in [4.78, 5) is 33.4. The van der Waals surface area contributed by atoms with Gasteiger partial charge in [0.25, 0.3) is 0 Å². The molecule has 2 aromatic heterocycles. The Balaban J connectivity index is 2.12. The summed E-state index contributed by atoms with van der Waals surface area (Å²) in [5.74, 6) is -1.32. The van der Waals surface area contributed by atoms with Gasteiger partial charge in [-0.05, 0) is 26.0 Å². The molecule has 4 rings (SSSR count). The Labute approximate surface area is 167 Å². The highest BCUT2D eigenvalue weighted by Gasteiger charge is 2.54. The molecule has 0 radical (unpaired) electrons. The van der Waals surface area contributed by atoms with Gasteiger partial charge in [0.1, 0.15) is 0 Å². The molecule has 0 spiro atoms. The second-order valence-corrected chi connectivity index (χ2v) is 6.69. The van der Waals surface area contributed by atoms with Crippen molar-refractivity contribution in [3.63, 3.8) is 0 Å². The van der Waals surface area contributed by atoms with Crippen molar-refractivity contribution in [3.05, 3.63) is 72.1 Å². The van der Waals surface area contributed by atoms with Crippen LogP contribution in [-0.4, -0.2) is 35.1 Å². The number of para-hydroxylation sites is 2. The van der Waals surface area contributed by atoms with Gasteiger partial charge in [-0.25, -0.2) is 0 Å². The minimum atomic E-state index is -1.76. The number of fused-ring (bicyclic) bond motifs is 2. The molecule has 6 nitrogen and oxygen atoms in total. The van der Waals surface area contributed by atoms with E-state index in [1.807, 2.05) is 48.5 Å². The van der Waals surface area contributed by atoms with Crippen LogP contribution in [-0.2, 0) is 24.5 Å². The number of carbonyl (C=O) groups is 2. The molecule has 0 saturated carbocycles. The lowest BCUT2D eigenvalue weighted by Crippen LogP contribution is -2.47. The maximum atomic E-state index is 13.5. The van der Waals surface area contributed by atoms with E-state index < -0.39 is 17.4 Å². The normalized spacial score (nSPS) is 11.7. The number of aromatic nitrogens is 2. The number of nitrogens with one attached hydrogen (secondary N) is 2. The lowest BCUT2D eigenvalue weighted by Gasteiger charge is -2.29. The molecule has 0 bridgehead atoms. The molecule has 4 aromatic rings. The van der Waals surface area contributed by atoms with E-state index in [4.69, 9.17) is 9.47 Å². The minimum absolute atomic E-state index is 0.144. The van der Waals surface area contributed by atoms with Crippen LogP contribution in [0.5, 0.6) is 0 Å². The number of ether oxygens (including phenoxy) is 2. The smallest absolute Gasteiger partial charge is 0.332 e. The van der Waals surface area contributed by atoms with Crippen LogP contribution < -0.4 is 0 Å². The van der Waals surface area contributed by atoms with Crippen LogP contribution in [0.1, 0.15) is 25.0 Å². The van der Waals surface area contributed by atoms with Crippen LogP contribution in [0.4, 0.5) is 0 Å². The Morgan fingerprint density at radius 1 is 0.759 bits per heavy atom. The minimum Gasteiger partial charge on any atom is -0.465 e. The highest BCUT2D eigenvalue weighted by Crippen LogP contribution is 2.42. The van der Waals surface area contributed by atoms with Crippen LogP contribution >= 0.6 is 0 Å². The Hall–Kier alpha value is -3.54. The van der Waals surface area contributed by atoms with Crippen molar-refractivity contribution in [2.75, 3.05) is 13.2 Å². The zero-order valence-corrected chi connectivity index (χ0v) is 16.3. The van der Waals surface area contributed by atoms with Gasteiger partial charge in [-0.2, -0.15) is 0 Å². The molecule has 2 N–H and O–H groups in total. The van der Waals surface area contributed by atoms with Gasteiger partial charge in [-0.15, -0.1) is 0 Å². The van der Waals surface area contributed by atoms with Crippen LogP contribution in [0.15, 0.2) is 60.9 Å². The first-order chi connectivity index (χ1) is 14.1. The molecular formula is C23H22N2O4. The molecule has 0 aliphatic carbocycles. The number of aromatic amines is 2. The van der Waals surface area contributed by atoms with E-state index in [2.05, 4.69) is 9.97 Å². The first kappa shape index (κ1) is 18.8. The third-order valence-corrected chi connectivity index (χ3v) is 5.15. The van der Waals surface area contributed by atoms with E-state index in [0.717, 1.165) is 21.8 Å². The second-order valence-electron chi connectivity index (χ2n) is 6.69. The lowest BCUT2D eigenvalue weighted by molar-refractivity contribution is -0.162. The van der Waals surface area contributed by atoms with Crippen molar-refractivity contribution in [2.45, 2.75) is 19.3 Å². The number of carbonyl (C=O) groups excluding carboxylic acids is 2. The number of esters is 2. The molecule has 6 heteroatoms. The van der Waals surface area contributed by atoms with Crippen molar-refractivity contribution >= 4 is 33.7 Å². The summed E-state index contributed by atoms with van der Waals surface area (Å²) in [6.45, 7) is 3.73. The monoisotopic (exact) mass is 390 g/mol. The summed E-state index contributed by atoms with van der Waals surface area (Å²) in [6, 6.07) is 15.1. The molecule has 0 saturated heterocycles. The van der Waals surface area contributed by atoms with Gasteiger partial charge < -0.3 is 19.4 Å². The summed E-state index contributed by atoms with van der Waals surface area (Å²) in [5, 5.41) is 1.53. The van der Waals surface area contributed by atoms with Crippen LogP contribution in [0.3, 0.4) is 0 Å². The van der Waals surface area contributed by atoms with E-state index >= 15 is 0 Å². The third-order valence-electron chi connectivity index (χ3n) is 5.15. The van der Waals surface area contributed by atoms with Crippen molar-refractivity contribution in [1.82, 2.24) is 9.97 Å². The fourth-order valence-corrected chi connectivity index (χ4v) is 3.91.